The number of aryl methyl sites for hydroxylation is 1. The average Bonchev–Trinajstić information content (AvgIpc) is 2.37. The van der Waals surface area contributed by atoms with Gasteiger partial charge in [-0.05, 0) is 42.3 Å². The second-order valence-corrected chi connectivity index (χ2v) is 5.06. The maximum Gasteiger partial charge on any atom is 0.105 e. The van der Waals surface area contributed by atoms with Crippen molar-refractivity contribution in [1.82, 2.24) is 4.98 Å². The highest BCUT2D eigenvalue weighted by Crippen LogP contribution is 2.21. The fourth-order valence-electron chi connectivity index (χ4n) is 1.70. The van der Waals surface area contributed by atoms with Gasteiger partial charge in [-0.15, -0.1) is 0 Å². The molecule has 0 atom stereocenters. The van der Waals surface area contributed by atoms with Crippen LogP contribution in [0.3, 0.4) is 0 Å². The Bertz CT molecular complexity index is 613. The zero-order valence-corrected chi connectivity index (χ0v) is 12.1. The van der Waals surface area contributed by atoms with Gasteiger partial charge in [-0.25, -0.2) is 0 Å². The van der Waals surface area contributed by atoms with E-state index in [4.69, 9.17) is 29.6 Å². The molecular formula is C14H14ClN3S. The maximum atomic E-state index is 6.12. The van der Waals surface area contributed by atoms with Crippen molar-refractivity contribution < 1.29 is 0 Å². The van der Waals surface area contributed by atoms with Gasteiger partial charge in [-0.1, -0.05) is 23.8 Å². The summed E-state index contributed by atoms with van der Waals surface area (Å²) in [7, 11) is 0. The number of aromatic nitrogens is 1. The number of benzene rings is 1. The molecule has 0 amide bonds. The van der Waals surface area contributed by atoms with Crippen molar-refractivity contribution in [2.75, 3.05) is 5.32 Å². The average molecular weight is 292 g/mol. The summed E-state index contributed by atoms with van der Waals surface area (Å²) < 4.78 is 0. The third kappa shape index (κ3) is 3.43. The molecule has 1 aromatic heterocycles. The van der Waals surface area contributed by atoms with Crippen molar-refractivity contribution in [3.05, 3.63) is 58.4 Å². The van der Waals surface area contributed by atoms with Gasteiger partial charge in [0.05, 0.1) is 5.02 Å². The van der Waals surface area contributed by atoms with E-state index in [1.165, 1.54) is 5.56 Å². The Morgan fingerprint density at radius 2 is 2.21 bits per heavy atom. The van der Waals surface area contributed by atoms with Crippen LogP contribution in [0.5, 0.6) is 0 Å². The van der Waals surface area contributed by atoms with Crippen LogP contribution in [0, 0.1) is 6.92 Å². The molecule has 0 unspecified atom stereocenters. The summed E-state index contributed by atoms with van der Waals surface area (Å²) in [5.41, 5.74) is 9.54. The second kappa shape index (κ2) is 5.99. The molecule has 2 rings (SSSR count). The molecule has 3 N–H and O–H groups in total. The second-order valence-electron chi connectivity index (χ2n) is 4.21. The van der Waals surface area contributed by atoms with Crippen LogP contribution in [0.1, 0.15) is 16.7 Å². The van der Waals surface area contributed by atoms with E-state index in [0.717, 1.165) is 11.3 Å². The van der Waals surface area contributed by atoms with E-state index in [-0.39, 0.29) is 0 Å². The number of hydrogen-bond donors (Lipinski definition) is 2. The van der Waals surface area contributed by atoms with Gasteiger partial charge < -0.3 is 11.1 Å². The smallest absolute Gasteiger partial charge is 0.105 e. The first-order valence-corrected chi connectivity index (χ1v) is 6.59. The molecule has 0 aliphatic rings. The van der Waals surface area contributed by atoms with Gasteiger partial charge in [0, 0.05) is 30.2 Å². The van der Waals surface area contributed by atoms with Crippen LogP contribution in [0.25, 0.3) is 0 Å². The van der Waals surface area contributed by atoms with E-state index in [2.05, 4.69) is 17.2 Å². The molecule has 3 nitrogen and oxygen atoms in total. The Hall–Kier alpha value is -1.65. The lowest BCUT2D eigenvalue weighted by Gasteiger charge is -2.10. The summed E-state index contributed by atoms with van der Waals surface area (Å²) >= 11 is 11.0. The number of rotatable bonds is 4. The Kier molecular flexibility index (Phi) is 4.35. The minimum Gasteiger partial charge on any atom is -0.389 e. The maximum absolute atomic E-state index is 6.12. The van der Waals surface area contributed by atoms with Crippen molar-refractivity contribution in [3.8, 4) is 0 Å². The van der Waals surface area contributed by atoms with E-state index >= 15 is 0 Å². The lowest BCUT2D eigenvalue weighted by molar-refractivity contribution is 1.08. The largest absolute Gasteiger partial charge is 0.389 e. The molecule has 0 spiro atoms. The third-order valence-electron chi connectivity index (χ3n) is 2.86. The topological polar surface area (TPSA) is 50.9 Å². The van der Waals surface area contributed by atoms with Gasteiger partial charge in [-0.3, -0.25) is 4.98 Å². The quantitative estimate of drug-likeness (QED) is 0.849. The normalized spacial score (nSPS) is 10.2. The summed E-state index contributed by atoms with van der Waals surface area (Å²) in [5.74, 6) is 0. The highest BCUT2D eigenvalue weighted by atomic mass is 35.5. The number of pyridine rings is 1. The number of halogens is 1. The van der Waals surface area contributed by atoms with Crippen LogP contribution in [-0.2, 0) is 6.54 Å². The molecule has 19 heavy (non-hydrogen) atoms. The van der Waals surface area contributed by atoms with E-state index < -0.39 is 0 Å². The summed E-state index contributed by atoms with van der Waals surface area (Å²) in [4.78, 5) is 4.42. The fraction of sp³-hybridized carbons (Fsp3) is 0.143. The highest BCUT2D eigenvalue weighted by Gasteiger charge is 2.04. The van der Waals surface area contributed by atoms with Crippen molar-refractivity contribution >= 4 is 34.5 Å². The lowest BCUT2D eigenvalue weighted by Crippen LogP contribution is -2.10. The molecular weight excluding hydrogens is 278 g/mol. The van der Waals surface area contributed by atoms with Gasteiger partial charge in [-0.2, -0.15) is 0 Å². The van der Waals surface area contributed by atoms with Crippen molar-refractivity contribution in [3.63, 3.8) is 0 Å². The molecule has 0 radical (unpaired) electrons. The molecule has 1 aromatic carbocycles. The Morgan fingerprint density at radius 1 is 1.42 bits per heavy atom. The van der Waals surface area contributed by atoms with E-state index in [9.17, 15) is 0 Å². The number of anilines is 1. The predicted octanol–water partition coefficient (Wildman–Crippen LogP) is 3.29. The summed E-state index contributed by atoms with van der Waals surface area (Å²) in [6, 6.07) is 7.54. The minimum atomic E-state index is 0.305. The molecule has 5 heteroatoms. The van der Waals surface area contributed by atoms with Crippen LogP contribution in [0.2, 0.25) is 5.02 Å². The van der Waals surface area contributed by atoms with Crippen molar-refractivity contribution in [2.45, 2.75) is 13.5 Å². The van der Waals surface area contributed by atoms with E-state index in [1.807, 2.05) is 30.5 Å². The number of nitrogens with zero attached hydrogens (tertiary/aromatic N) is 1. The number of nitrogens with two attached hydrogens (primary N) is 1. The van der Waals surface area contributed by atoms with Gasteiger partial charge in [0.25, 0.3) is 0 Å². The predicted molar refractivity (Wildman–Crippen MR) is 83.6 cm³/mol. The number of thiocarbonyl (C=S) groups is 1. The Morgan fingerprint density at radius 3 is 2.84 bits per heavy atom. The molecule has 1 heterocycles. The van der Waals surface area contributed by atoms with E-state index in [0.29, 0.717) is 22.1 Å². The summed E-state index contributed by atoms with van der Waals surface area (Å²) in [5, 5.41) is 3.86. The molecule has 0 fully saturated rings. The first-order chi connectivity index (χ1) is 9.08. The van der Waals surface area contributed by atoms with Crippen LogP contribution >= 0.6 is 23.8 Å². The zero-order valence-electron chi connectivity index (χ0n) is 10.5. The lowest BCUT2D eigenvalue weighted by atomic mass is 10.1. The van der Waals surface area contributed by atoms with Gasteiger partial charge in [0.2, 0.25) is 0 Å². The Labute approximate surface area is 122 Å². The Balaban J connectivity index is 2.11. The van der Waals surface area contributed by atoms with Crippen LogP contribution in [0.15, 0.2) is 36.7 Å². The molecule has 0 bridgehead atoms. The monoisotopic (exact) mass is 291 g/mol. The van der Waals surface area contributed by atoms with Crippen molar-refractivity contribution in [1.29, 1.82) is 0 Å². The molecule has 0 saturated carbocycles. The van der Waals surface area contributed by atoms with Gasteiger partial charge in [0.1, 0.15) is 4.99 Å². The number of nitrogens with one attached hydrogen (secondary N) is 1. The first kappa shape index (κ1) is 13.8. The molecule has 0 saturated heterocycles. The molecule has 98 valence electrons. The highest BCUT2D eigenvalue weighted by molar-refractivity contribution is 7.80. The SMILES string of the molecule is Cc1ccncc1CNc1ccc(C(N)=S)c(Cl)c1. The minimum absolute atomic E-state index is 0.305. The van der Waals surface area contributed by atoms with Crippen molar-refractivity contribution in [2.24, 2.45) is 5.73 Å². The third-order valence-corrected chi connectivity index (χ3v) is 3.40. The van der Waals surface area contributed by atoms with Crippen LogP contribution in [-0.4, -0.2) is 9.97 Å². The van der Waals surface area contributed by atoms with Crippen LogP contribution in [0.4, 0.5) is 5.69 Å². The number of hydrogen-bond acceptors (Lipinski definition) is 3. The molecule has 0 aliphatic carbocycles. The van der Waals surface area contributed by atoms with Crippen LogP contribution < -0.4 is 11.1 Å². The van der Waals surface area contributed by atoms with E-state index in [1.54, 1.807) is 6.20 Å². The summed E-state index contributed by atoms with van der Waals surface area (Å²) in [6.07, 6.45) is 3.64. The van der Waals surface area contributed by atoms with Gasteiger partial charge in [0.15, 0.2) is 0 Å². The molecule has 2 aromatic rings. The first-order valence-electron chi connectivity index (χ1n) is 5.80. The fourth-order valence-corrected chi connectivity index (χ4v) is 2.22. The molecule has 0 aliphatic heterocycles. The standard InChI is InChI=1S/C14H14ClN3S/c1-9-4-5-17-7-10(9)8-18-11-2-3-12(14(16)19)13(15)6-11/h2-7,18H,8H2,1H3,(H2,16,19). The zero-order chi connectivity index (χ0) is 13.8. The van der Waals surface area contributed by atoms with Gasteiger partial charge >= 0.3 is 0 Å². The summed E-state index contributed by atoms with van der Waals surface area (Å²) in [6.45, 7) is 2.75.